The minimum Gasteiger partial charge on any atom is -0.508 e. The first-order chi connectivity index (χ1) is 12.5. The van der Waals surface area contributed by atoms with Gasteiger partial charge in [-0.25, -0.2) is 14.2 Å². The number of rotatable bonds is 3. The summed E-state index contributed by atoms with van der Waals surface area (Å²) in [4.78, 5) is 16.2. The first-order valence-electron chi connectivity index (χ1n) is 7.70. The molecule has 0 atom stereocenters. The van der Waals surface area contributed by atoms with E-state index in [2.05, 4.69) is 15.2 Å². The van der Waals surface area contributed by atoms with E-state index in [-0.39, 0.29) is 22.8 Å². The summed E-state index contributed by atoms with van der Waals surface area (Å²) in [5, 5.41) is 26.5. The van der Waals surface area contributed by atoms with Crippen LogP contribution in [0.5, 0.6) is 5.75 Å². The lowest BCUT2D eigenvalue weighted by molar-refractivity contribution is 0.0699. The van der Waals surface area contributed by atoms with E-state index in [0.717, 1.165) is 0 Å². The smallest absolute Gasteiger partial charge is 0.336 e. The Bertz CT molecular complexity index is 1140. The molecule has 0 radical (unpaired) electrons. The zero-order valence-corrected chi connectivity index (χ0v) is 13.3. The molecule has 0 saturated heterocycles. The Morgan fingerprint density at radius 1 is 1.04 bits per heavy atom. The fourth-order valence-electron chi connectivity index (χ4n) is 2.83. The molecule has 2 aromatic heterocycles. The predicted octanol–water partition coefficient (Wildman–Crippen LogP) is 3.83. The highest BCUT2D eigenvalue weighted by Crippen LogP contribution is 2.32. The number of phenolic OH excluding ortho intramolecular Hbond substituents is 1. The van der Waals surface area contributed by atoms with Crippen molar-refractivity contribution in [2.75, 3.05) is 0 Å². The Morgan fingerprint density at radius 2 is 1.81 bits per heavy atom. The number of nitrogens with one attached hydrogen (secondary N) is 1. The summed E-state index contributed by atoms with van der Waals surface area (Å²) < 4.78 is 13.2. The highest BCUT2D eigenvalue weighted by Gasteiger charge is 2.19. The number of aromatic hydroxyl groups is 1. The summed E-state index contributed by atoms with van der Waals surface area (Å²) >= 11 is 0. The van der Waals surface area contributed by atoms with E-state index in [0.29, 0.717) is 27.9 Å². The number of aromatic amines is 1. The Morgan fingerprint density at radius 3 is 2.50 bits per heavy atom. The van der Waals surface area contributed by atoms with Crippen molar-refractivity contribution < 1.29 is 19.4 Å². The lowest BCUT2D eigenvalue weighted by atomic mass is 10.0. The van der Waals surface area contributed by atoms with Gasteiger partial charge in [0.25, 0.3) is 0 Å². The van der Waals surface area contributed by atoms with Gasteiger partial charge in [-0.1, -0.05) is 12.1 Å². The molecule has 0 aliphatic heterocycles. The molecule has 0 saturated carbocycles. The largest absolute Gasteiger partial charge is 0.508 e. The van der Waals surface area contributed by atoms with Crippen LogP contribution < -0.4 is 0 Å². The molecule has 0 bridgehead atoms. The van der Waals surface area contributed by atoms with Gasteiger partial charge in [0.2, 0.25) is 0 Å². The van der Waals surface area contributed by atoms with Crippen LogP contribution in [0.2, 0.25) is 0 Å². The van der Waals surface area contributed by atoms with Gasteiger partial charge >= 0.3 is 5.97 Å². The number of H-pyrrole nitrogens is 1. The standard InChI is InChI=1S/C19H12FN3O3/c20-12-6-4-10(5-7-12)17-16-14(19(25)26)9-15(21-18(16)23-22-17)11-2-1-3-13(24)8-11/h1-9,24H,(H,25,26)(H,21,22,23). The van der Waals surface area contributed by atoms with Gasteiger partial charge in [0.05, 0.1) is 22.3 Å². The zero-order chi connectivity index (χ0) is 18.3. The fourth-order valence-corrected chi connectivity index (χ4v) is 2.83. The number of aromatic nitrogens is 3. The van der Waals surface area contributed by atoms with E-state index >= 15 is 0 Å². The quantitative estimate of drug-likeness (QED) is 0.522. The van der Waals surface area contributed by atoms with Gasteiger partial charge in [-0.05, 0) is 42.5 Å². The van der Waals surface area contributed by atoms with Gasteiger partial charge in [0, 0.05) is 11.1 Å². The molecular formula is C19H12FN3O3. The van der Waals surface area contributed by atoms with Crippen molar-refractivity contribution in [3.8, 4) is 28.3 Å². The molecule has 26 heavy (non-hydrogen) atoms. The highest BCUT2D eigenvalue weighted by molar-refractivity contribution is 6.08. The van der Waals surface area contributed by atoms with E-state index in [1.54, 1.807) is 12.1 Å². The molecule has 2 heterocycles. The second-order valence-corrected chi connectivity index (χ2v) is 5.71. The summed E-state index contributed by atoms with van der Waals surface area (Å²) in [6.07, 6.45) is 0. The maximum absolute atomic E-state index is 13.2. The summed E-state index contributed by atoms with van der Waals surface area (Å²) in [7, 11) is 0. The highest BCUT2D eigenvalue weighted by atomic mass is 19.1. The van der Waals surface area contributed by atoms with Gasteiger partial charge in [-0.2, -0.15) is 5.10 Å². The molecule has 0 amide bonds. The van der Waals surface area contributed by atoms with Crippen molar-refractivity contribution in [1.82, 2.24) is 15.2 Å². The van der Waals surface area contributed by atoms with Crippen LogP contribution in [-0.2, 0) is 0 Å². The van der Waals surface area contributed by atoms with Crippen molar-refractivity contribution in [2.24, 2.45) is 0 Å². The normalized spacial score (nSPS) is 11.0. The summed E-state index contributed by atoms with van der Waals surface area (Å²) in [6.45, 7) is 0. The number of phenols is 1. The first-order valence-corrected chi connectivity index (χ1v) is 7.70. The van der Waals surface area contributed by atoms with E-state index in [1.807, 2.05) is 0 Å². The van der Waals surface area contributed by atoms with Crippen LogP contribution >= 0.6 is 0 Å². The Kier molecular flexibility index (Phi) is 3.62. The van der Waals surface area contributed by atoms with Gasteiger partial charge in [-0.15, -0.1) is 0 Å². The Balaban J connectivity index is 1.96. The van der Waals surface area contributed by atoms with Crippen molar-refractivity contribution in [2.45, 2.75) is 0 Å². The fraction of sp³-hybridized carbons (Fsp3) is 0. The third kappa shape index (κ3) is 2.65. The van der Waals surface area contributed by atoms with Crippen molar-refractivity contribution in [1.29, 1.82) is 0 Å². The number of carbonyl (C=O) groups is 1. The van der Waals surface area contributed by atoms with Crippen LogP contribution in [-0.4, -0.2) is 31.4 Å². The molecule has 4 aromatic rings. The number of nitrogens with zero attached hydrogens (tertiary/aromatic N) is 2. The molecule has 0 aliphatic carbocycles. The summed E-state index contributed by atoms with van der Waals surface area (Å²) in [5.41, 5.74) is 2.24. The minimum absolute atomic E-state index is 0.0152. The van der Waals surface area contributed by atoms with Crippen molar-refractivity contribution in [3.63, 3.8) is 0 Å². The van der Waals surface area contributed by atoms with Crippen LogP contribution in [0.4, 0.5) is 4.39 Å². The van der Waals surface area contributed by atoms with E-state index in [4.69, 9.17) is 0 Å². The monoisotopic (exact) mass is 349 g/mol. The van der Waals surface area contributed by atoms with E-state index in [9.17, 15) is 19.4 Å². The molecule has 3 N–H and O–H groups in total. The maximum atomic E-state index is 13.2. The van der Waals surface area contributed by atoms with Gasteiger partial charge < -0.3 is 10.2 Å². The Hall–Kier alpha value is -3.74. The number of carboxylic acid groups (broad SMARTS) is 1. The first kappa shape index (κ1) is 15.8. The molecule has 4 rings (SSSR count). The van der Waals surface area contributed by atoms with Crippen LogP contribution in [0, 0.1) is 5.82 Å². The zero-order valence-electron chi connectivity index (χ0n) is 13.3. The SMILES string of the molecule is O=C(O)c1cc(-c2cccc(O)c2)nc2n[nH]c(-c3ccc(F)cc3)c12. The average Bonchev–Trinajstić information content (AvgIpc) is 3.05. The third-order valence-corrected chi connectivity index (χ3v) is 4.03. The molecule has 0 spiro atoms. The average molecular weight is 349 g/mol. The lowest BCUT2D eigenvalue weighted by Crippen LogP contribution is -2.00. The second kappa shape index (κ2) is 5.96. The molecule has 7 heteroatoms. The molecule has 128 valence electrons. The van der Waals surface area contributed by atoms with Gasteiger partial charge in [0.1, 0.15) is 11.6 Å². The van der Waals surface area contributed by atoms with Gasteiger partial charge in [-0.3, -0.25) is 5.10 Å². The number of hydrogen-bond donors (Lipinski definition) is 3. The number of carboxylic acids is 1. The van der Waals surface area contributed by atoms with Crippen LogP contribution in [0.15, 0.2) is 54.6 Å². The second-order valence-electron chi connectivity index (χ2n) is 5.71. The molecule has 2 aromatic carbocycles. The number of benzene rings is 2. The van der Waals surface area contributed by atoms with E-state index in [1.165, 1.54) is 42.5 Å². The number of halogens is 1. The minimum atomic E-state index is -1.14. The number of hydrogen-bond acceptors (Lipinski definition) is 4. The Labute approximate surface area is 146 Å². The number of fused-ring (bicyclic) bond motifs is 1. The number of aromatic carboxylic acids is 1. The summed E-state index contributed by atoms with van der Waals surface area (Å²) in [6, 6.07) is 13.5. The third-order valence-electron chi connectivity index (χ3n) is 4.03. The molecule has 0 aliphatic rings. The van der Waals surface area contributed by atoms with Crippen molar-refractivity contribution >= 4 is 17.0 Å². The molecular weight excluding hydrogens is 337 g/mol. The van der Waals surface area contributed by atoms with Gasteiger partial charge in [0.15, 0.2) is 5.65 Å². The van der Waals surface area contributed by atoms with Crippen LogP contribution in [0.3, 0.4) is 0 Å². The topological polar surface area (TPSA) is 99.1 Å². The van der Waals surface area contributed by atoms with Crippen LogP contribution in [0.25, 0.3) is 33.5 Å². The maximum Gasteiger partial charge on any atom is 0.336 e. The molecule has 0 unspecified atom stereocenters. The molecule has 6 nitrogen and oxygen atoms in total. The summed E-state index contributed by atoms with van der Waals surface area (Å²) in [5.74, 6) is -1.47. The predicted molar refractivity (Wildman–Crippen MR) is 93.3 cm³/mol. The van der Waals surface area contributed by atoms with Crippen molar-refractivity contribution in [3.05, 3.63) is 66.0 Å². The van der Waals surface area contributed by atoms with Crippen LogP contribution in [0.1, 0.15) is 10.4 Å². The molecule has 0 fully saturated rings. The number of pyridine rings is 1. The van der Waals surface area contributed by atoms with E-state index < -0.39 is 5.97 Å². The lowest BCUT2D eigenvalue weighted by Gasteiger charge is -2.06.